The third-order valence-corrected chi connectivity index (χ3v) is 5.25. The van der Waals surface area contributed by atoms with E-state index in [1.54, 1.807) is 34.7 Å². The van der Waals surface area contributed by atoms with E-state index in [0.29, 0.717) is 17.0 Å². The topological polar surface area (TPSA) is 61.4 Å². The summed E-state index contributed by atoms with van der Waals surface area (Å²) in [6.45, 7) is 4.46. The fraction of sp³-hybridized carbons (Fsp3) is 0.267. The van der Waals surface area contributed by atoms with Crippen LogP contribution >= 0.6 is 22.7 Å². The van der Waals surface area contributed by atoms with Crippen molar-refractivity contribution in [1.82, 2.24) is 14.3 Å². The zero-order chi connectivity index (χ0) is 15.9. The summed E-state index contributed by atoms with van der Waals surface area (Å²) < 4.78 is 2.04. The number of imidazole rings is 1. The third kappa shape index (κ3) is 2.40. The summed E-state index contributed by atoms with van der Waals surface area (Å²) in [5.74, 6) is -0.132. The van der Waals surface area contributed by atoms with Crippen molar-refractivity contribution >= 4 is 33.5 Å². The van der Waals surface area contributed by atoms with E-state index in [0.717, 1.165) is 16.3 Å². The molecule has 0 saturated heterocycles. The Labute approximate surface area is 136 Å². The first-order valence-electron chi connectivity index (χ1n) is 6.68. The number of hydrogen-bond acceptors (Lipinski definition) is 5. The highest BCUT2D eigenvalue weighted by atomic mass is 32.1. The summed E-state index contributed by atoms with van der Waals surface area (Å²) in [4.78, 5) is 21.3. The molecule has 0 unspecified atom stereocenters. The van der Waals surface area contributed by atoms with Crippen LogP contribution in [0.15, 0.2) is 17.6 Å². The second-order valence-electron chi connectivity index (χ2n) is 5.07. The van der Waals surface area contributed by atoms with Gasteiger partial charge in [0.25, 0.3) is 5.91 Å². The lowest BCUT2D eigenvalue weighted by Gasteiger charge is -2.16. The first kappa shape index (κ1) is 14.8. The van der Waals surface area contributed by atoms with Crippen LogP contribution in [0.2, 0.25) is 0 Å². The summed E-state index contributed by atoms with van der Waals surface area (Å²) in [6, 6.07) is 3.74. The Hall–Kier alpha value is -2.17. The van der Waals surface area contributed by atoms with Crippen LogP contribution in [-0.2, 0) is 6.54 Å². The molecule has 5 nitrogen and oxygen atoms in total. The molecular formula is C15H14N4OS2. The minimum absolute atomic E-state index is 0.132. The first-order valence-corrected chi connectivity index (χ1v) is 8.38. The standard InChI is InChI=1S/C15H14N4OS2/c1-9-7-19-12(10(2)17-15(19)22-9)8-18(3)14(20)13-11(6-16)4-5-21-13/h4-5,7H,8H2,1-3H3. The van der Waals surface area contributed by atoms with Gasteiger partial charge in [0, 0.05) is 18.1 Å². The van der Waals surface area contributed by atoms with Crippen LogP contribution in [0.25, 0.3) is 4.96 Å². The van der Waals surface area contributed by atoms with E-state index in [1.807, 2.05) is 24.4 Å². The number of carbonyl (C=O) groups is 1. The Kier molecular flexibility index (Phi) is 3.72. The van der Waals surface area contributed by atoms with Crippen LogP contribution in [-0.4, -0.2) is 27.2 Å². The Morgan fingerprint density at radius 3 is 3.00 bits per heavy atom. The van der Waals surface area contributed by atoms with Crippen molar-refractivity contribution in [3.8, 4) is 6.07 Å². The van der Waals surface area contributed by atoms with Gasteiger partial charge < -0.3 is 4.90 Å². The second-order valence-corrected chi connectivity index (χ2v) is 7.20. The van der Waals surface area contributed by atoms with Gasteiger partial charge in [-0.15, -0.1) is 22.7 Å². The SMILES string of the molecule is Cc1cn2c(CN(C)C(=O)c3sccc3C#N)c(C)nc2s1. The molecule has 0 spiro atoms. The molecule has 0 atom stereocenters. The minimum atomic E-state index is -0.132. The van der Waals surface area contributed by atoms with Crippen molar-refractivity contribution in [3.05, 3.63) is 44.3 Å². The number of aromatic nitrogens is 2. The summed E-state index contributed by atoms with van der Waals surface area (Å²) in [7, 11) is 1.75. The largest absolute Gasteiger partial charge is 0.335 e. The van der Waals surface area contributed by atoms with Crippen molar-refractivity contribution in [2.24, 2.45) is 0 Å². The number of amides is 1. The predicted octanol–water partition coefficient (Wildman–Crippen LogP) is 3.22. The smallest absolute Gasteiger partial charge is 0.265 e. The van der Waals surface area contributed by atoms with E-state index < -0.39 is 0 Å². The molecule has 3 aromatic heterocycles. The normalized spacial score (nSPS) is 10.8. The molecule has 112 valence electrons. The average molecular weight is 330 g/mol. The molecule has 0 aromatic carbocycles. The first-order chi connectivity index (χ1) is 10.5. The van der Waals surface area contributed by atoms with E-state index in [4.69, 9.17) is 5.26 Å². The molecule has 0 saturated carbocycles. The molecule has 1 amide bonds. The molecule has 0 radical (unpaired) electrons. The Bertz CT molecular complexity index is 897. The highest BCUT2D eigenvalue weighted by Gasteiger charge is 2.20. The van der Waals surface area contributed by atoms with E-state index >= 15 is 0 Å². The van der Waals surface area contributed by atoms with Crippen molar-refractivity contribution in [1.29, 1.82) is 5.26 Å². The Morgan fingerprint density at radius 2 is 2.27 bits per heavy atom. The summed E-state index contributed by atoms with van der Waals surface area (Å²) >= 11 is 2.93. The van der Waals surface area contributed by atoms with Gasteiger partial charge in [0.15, 0.2) is 4.96 Å². The molecule has 22 heavy (non-hydrogen) atoms. The van der Waals surface area contributed by atoms with Gasteiger partial charge in [0.05, 0.1) is 23.5 Å². The second kappa shape index (κ2) is 5.55. The molecule has 0 bridgehead atoms. The molecule has 3 rings (SSSR count). The summed E-state index contributed by atoms with van der Waals surface area (Å²) in [5.41, 5.74) is 2.37. The zero-order valence-corrected chi connectivity index (χ0v) is 14.1. The molecule has 0 aliphatic heterocycles. The van der Waals surface area contributed by atoms with Gasteiger partial charge in [-0.1, -0.05) is 0 Å². The van der Waals surface area contributed by atoms with Gasteiger partial charge in [-0.05, 0) is 25.3 Å². The fourth-order valence-electron chi connectivity index (χ4n) is 2.33. The lowest BCUT2D eigenvalue weighted by molar-refractivity contribution is 0.0787. The number of hydrogen-bond donors (Lipinski definition) is 0. The van der Waals surface area contributed by atoms with Crippen LogP contribution in [0.1, 0.15) is 31.5 Å². The molecule has 3 heterocycles. The van der Waals surface area contributed by atoms with Crippen molar-refractivity contribution < 1.29 is 4.79 Å². The lowest BCUT2D eigenvalue weighted by Crippen LogP contribution is -2.27. The van der Waals surface area contributed by atoms with Crippen LogP contribution in [0, 0.1) is 25.2 Å². The zero-order valence-electron chi connectivity index (χ0n) is 12.5. The van der Waals surface area contributed by atoms with Gasteiger partial charge in [-0.25, -0.2) is 4.98 Å². The number of nitrogens with zero attached hydrogens (tertiary/aromatic N) is 4. The molecule has 0 fully saturated rings. The average Bonchev–Trinajstić information content (AvgIpc) is 3.15. The van der Waals surface area contributed by atoms with E-state index in [-0.39, 0.29) is 5.91 Å². The number of carbonyl (C=O) groups excluding carboxylic acids is 1. The van der Waals surface area contributed by atoms with Gasteiger partial charge in [-0.2, -0.15) is 5.26 Å². The fourth-order valence-corrected chi connectivity index (χ4v) is 4.06. The number of rotatable bonds is 3. The number of thiophene rings is 1. The predicted molar refractivity (Wildman–Crippen MR) is 87.4 cm³/mol. The van der Waals surface area contributed by atoms with Gasteiger partial charge in [0.1, 0.15) is 10.9 Å². The number of nitriles is 1. The monoisotopic (exact) mass is 330 g/mol. The molecule has 3 aromatic rings. The summed E-state index contributed by atoms with van der Waals surface area (Å²) in [6.07, 6.45) is 2.04. The maximum Gasteiger partial charge on any atom is 0.265 e. The highest BCUT2D eigenvalue weighted by molar-refractivity contribution is 7.17. The Morgan fingerprint density at radius 1 is 1.50 bits per heavy atom. The number of thiazole rings is 1. The molecule has 0 aliphatic rings. The van der Waals surface area contributed by atoms with Crippen LogP contribution in [0.3, 0.4) is 0 Å². The quantitative estimate of drug-likeness (QED) is 0.741. The van der Waals surface area contributed by atoms with Gasteiger partial charge in [0.2, 0.25) is 0 Å². The van der Waals surface area contributed by atoms with Crippen LogP contribution in [0.4, 0.5) is 0 Å². The van der Waals surface area contributed by atoms with Gasteiger partial charge in [-0.3, -0.25) is 9.20 Å². The van der Waals surface area contributed by atoms with E-state index in [9.17, 15) is 4.79 Å². The minimum Gasteiger partial charge on any atom is -0.335 e. The lowest BCUT2D eigenvalue weighted by atomic mass is 10.2. The van der Waals surface area contributed by atoms with Crippen molar-refractivity contribution in [2.45, 2.75) is 20.4 Å². The number of fused-ring (bicyclic) bond motifs is 1. The molecule has 0 aliphatic carbocycles. The van der Waals surface area contributed by atoms with Crippen LogP contribution in [0.5, 0.6) is 0 Å². The van der Waals surface area contributed by atoms with E-state index in [2.05, 4.69) is 11.1 Å². The van der Waals surface area contributed by atoms with Crippen LogP contribution < -0.4 is 0 Å². The van der Waals surface area contributed by atoms with E-state index in [1.165, 1.54) is 16.2 Å². The molecule has 0 N–H and O–H groups in total. The maximum atomic E-state index is 12.5. The molecule has 7 heteroatoms. The third-order valence-electron chi connectivity index (χ3n) is 3.45. The number of aryl methyl sites for hydroxylation is 2. The summed E-state index contributed by atoms with van der Waals surface area (Å²) in [5, 5.41) is 10.8. The van der Waals surface area contributed by atoms with Crippen molar-refractivity contribution in [3.63, 3.8) is 0 Å². The van der Waals surface area contributed by atoms with Gasteiger partial charge >= 0.3 is 0 Å². The maximum absolute atomic E-state index is 12.5. The highest BCUT2D eigenvalue weighted by Crippen LogP contribution is 2.23. The van der Waals surface area contributed by atoms with Crippen molar-refractivity contribution in [2.75, 3.05) is 7.05 Å². The molecular weight excluding hydrogens is 316 g/mol. The Balaban J connectivity index is 1.90.